The number of hydrogen-bond donors (Lipinski definition) is 2. The van der Waals surface area contributed by atoms with Crippen LogP contribution >= 0.6 is 0 Å². The van der Waals surface area contributed by atoms with Crippen LogP contribution in [0.25, 0.3) is 10.9 Å². The van der Waals surface area contributed by atoms with Crippen molar-refractivity contribution in [1.29, 1.82) is 0 Å². The van der Waals surface area contributed by atoms with E-state index in [0.717, 1.165) is 5.69 Å². The van der Waals surface area contributed by atoms with Gasteiger partial charge in [0.2, 0.25) is 0 Å². The molecule has 6 nitrogen and oxygen atoms in total. The van der Waals surface area contributed by atoms with E-state index in [2.05, 4.69) is 10.3 Å². The number of carbonyl (C=O) groups excluding carboxylic acids is 1. The largest absolute Gasteiger partial charge is 0.493 e. The van der Waals surface area contributed by atoms with E-state index in [1.165, 1.54) is 13.2 Å². The van der Waals surface area contributed by atoms with Crippen molar-refractivity contribution < 1.29 is 14.3 Å². The average molecular weight is 338 g/mol. The molecular formula is C19H18N2O4. The summed E-state index contributed by atoms with van der Waals surface area (Å²) >= 11 is 0. The van der Waals surface area contributed by atoms with Crippen LogP contribution in [-0.4, -0.2) is 25.1 Å². The van der Waals surface area contributed by atoms with Gasteiger partial charge < -0.3 is 19.8 Å². The molecule has 0 aliphatic heterocycles. The van der Waals surface area contributed by atoms with Crippen LogP contribution in [0.2, 0.25) is 0 Å². The highest BCUT2D eigenvalue weighted by Gasteiger charge is 2.11. The van der Waals surface area contributed by atoms with E-state index in [0.29, 0.717) is 33.7 Å². The Hall–Kier alpha value is -3.28. The second-order valence-electron chi connectivity index (χ2n) is 5.60. The van der Waals surface area contributed by atoms with E-state index in [9.17, 15) is 9.59 Å². The monoisotopic (exact) mass is 338 g/mol. The van der Waals surface area contributed by atoms with Gasteiger partial charge in [0.15, 0.2) is 16.9 Å². The number of ether oxygens (including phenoxy) is 2. The summed E-state index contributed by atoms with van der Waals surface area (Å²) in [5.41, 5.74) is 2.33. The number of pyridine rings is 1. The van der Waals surface area contributed by atoms with Gasteiger partial charge in [0, 0.05) is 40.0 Å². The Bertz CT molecular complexity index is 1010. The first-order valence-electron chi connectivity index (χ1n) is 7.69. The van der Waals surface area contributed by atoms with E-state index in [1.54, 1.807) is 43.5 Å². The minimum Gasteiger partial charge on any atom is -0.493 e. The van der Waals surface area contributed by atoms with Gasteiger partial charge in [0.1, 0.15) is 0 Å². The van der Waals surface area contributed by atoms with Crippen LogP contribution in [0.5, 0.6) is 11.5 Å². The van der Waals surface area contributed by atoms with Crippen molar-refractivity contribution in [2.45, 2.75) is 6.92 Å². The van der Waals surface area contributed by atoms with Gasteiger partial charge in [-0.15, -0.1) is 0 Å². The van der Waals surface area contributed by atoms with Crippen LogP contribution < -0.4 is 20.2 Å². The molecule has 2 N–H and O–H groups in total. The molecule has 0 spiro atoms. The van der Waals surface area contributed by atoms with E-state index in [4.69, 9.17) is 9.47 Å². The molecule has 0 saturated heterocycles. The normalized spacial score (nSPS) is 10.5. The summed E-state index contributed by atoms with van der Waals surface area (Å²) in [6, 6.07) is 11.6. The number of hydrogen-bond acceptors (Lipinski definition) is 4. The van der Waals surface area contributed by atoms with Crippen molar-refractivity contribution in [3.8, 4) is 11.5 Å². The van der Waals surface area contributed by atoms with Crippen LogP contribution in [0.1, 0.15) is 16.1 Å². The van der Waals surface area contributed by atoms with Crippen molar-refractivity contribution in [2.24, 2.45) is 0 Å². The first-order chi connectivity index (χ1) is 12.0. The van der Waals surface area contributed by atoms with Gasteiger partial charge in [-0.2, -0.15) is 0 Å². The van der Waals surface area contributed by atoms with E-state index >= 15 is 0 Å². The third kappa shape index (κ3) is 3.33. The van der Waals surface area contributed by atoms with Gasteiger partial charge >= 0.3 is 0 Å². The molecule has 1 amide bonds. The van der Waals surface area contributed by atoms with Crippen LogP contribution in [0.3, 0.4) is 0 Å². The Balaban J connectivity index is 1.91. The Kier molecular flexibility index (Phi) is 4.43. The summed E-state index contributed by atoms with van der Waals surface area (Å²) in [6.07, 6.45) is 0. The highest BCUT2D eigenvalue weighted by atomic mass is 16.5. The summed E-state index contributed by atoms with van der Waals surface area (Å²) in [6.45, 7) is 1.82. The minimum absolute atomic E-state index is 0.119. The van der Waals surface area contributed by atoms with Crippen LogP contribution in [0.4, 0.5) is 5.69 Å². The van der Waals surface area contributed by atoms with E-state index in [1.807, 2.05) is 6.92 Å². The summed E-state index contributed by atoms with van der Waals surface area (Å²) in [4.78, 5) is 27.7. The van der Waals surface area contributed by atoms with Gasteiger partial charge in [0.25, 0.3) is 5.91 Å². The molecule has 0 unspecified atom stereocenters. The number of nitrogens with one attached hydrogen (secondary N) is 2. The lowest BCUT2D eigenvalue weighted by Gasteiger charge is -2.11. The quantitative estimate of drug-likeness (QED) is 0.766. The van der Waals surface area contributed by atoms with Crippen molar-refractivity contribution in [3.63, 3.8) is 0 Å². The number of benzene rings is 2. The van der Waals surface area contributed by atoms with E-state index in [-0.39, 0.29) is 11.3 Å². The molecule has 0 bridgehead atoms. The van der Waals surface area contributed by atoms with Crippen molar-refractivity contribution in [3.05, 3.63) is 63.9 Å². The molecule has 0 atom stereocenters. The Morgan fingerprint density at radius 2 is 1.76 bits per heavy atom. The molecule has 6 heteroatoms. The Labute approximate surface area is 144 Å². The molecule has 1 heterocycles. The average Bonchev–Trinajstić information content (AvgIpc) is 2.61. The Morgan fingerprint density at radius 3 is 2.48 bits per heavy atom. The molecule has 0 saturated carbocycles. The van der Waals surface area contributed by atoms with Crippen molar-refractivity contribution in [1.82, 2.24) is 4.98 Å². The predicted octanol–water partition coefficient (Wildman–Crippen LogP) is 3.11. The fourth-order valence-electron chi connectivity index (χ4n) is 2.64. The topological polar surface area (TPSA) is 80.4 Å². The SMILES string of the molecule is COc1ccc(NC(=O)c2ccc3[nH]c(C)cc(=O)c3c2)cc1OC. The number of methoxy groups -OCH3 is 2. The molecule has 0 aliphatic carbocycles. The molecule has 25 heavy (non-hydrogen) atoms. The third-order valence-electron chi connectivity index (χ3n) is 3.87. The first kappa shape index (κ1) is 16.6. The summed E-state index contributed by atoms with van der Waals surface area (Å²) in [7, 11) is 3.07. The molecule has 0 aliphatic rings. The lowest BCUT2D eigenvalue weighted by atomic mass is 10.1. The summed E-state index contributed by atoms with van der Waals surface area (Å²) < 4.78 is 10.4. The number of aryl methyl sites for hydroxylation is 1. The second-order valence-corrected chi connectivity index (χ2v) is 5.60. The molecule has 128 valence electrons. The zero-order valence-electron chi connectivity index (χ0n) is 14.2. The number of rotatable bonds is 4. The number of H-pyrrole nitrogens is 1. The first-order valence-corrected chi connectivity index (χ1v) is 7.69. The zero-order chi connectivity index (χ0) is 18.0. The van der Waals surface area contributed by atoms with Crippen LogP contribution in [0, 0.1) is 6.92 Å². The fourth-order valence-corrected chi connectivity index (χ4v) is 2.64. The number of aromatic amines is 1. The van der Waals surface area contributed by atoms with E-state index < -0.39 is 0 Å². The lowest BCUT2D eigenvalue weighted by molar-refractivity contribution is 0.102. The maximum Gasteiger partial charge on any atom is 0.255 e. The fraction of sp³-hybridized carbons (Fsp3) is 0.158. The van der Waals surface area contributed by atoms with Crippen LogP contribution in [-0.2, 0) is 0 Å². The molecule has 0 fully saturated rings. The van der Waals surface area contributed by atoms with Crippen molar-refractivity contribution in [2.75, 3.05) is 19.5 Å². The molecule has 3 rings (SSSR count). The number of amides is 1. The molecular weight excluding hydrogens is 320 g/mol. The molecule has 2 aromatic carbocycles. The highest BCUT2D eigenvalue weighted by molar-refractivity contribution is 6.06. The highest BCUT2D eigenvalue weighted by Crippen LogP contribution is 2.30. The third-order valence-corrected chi connectivity index (χ3v) is 3.87. The number of anilines is 1. The van der Waals surface area contributed by atoms with Gasteiger partial charge in [-0.25, -0.2) is 0 Å². The number of fused-ring (bicyclic) bond motifs is 1. The maximum atomic E-state index is 12.5. The lowest BCUT2D eigenvalue weighted by Crippen LogP contribution is -2.13. The van der Waals surface area contributed by atoms with Gasteiger partial charge in [-0.1, -0.05) is 0 Å². The second kappa shape index (κ2) is 6.68. The standard InChI is InChI=1S/C19H18N2O4/c1-11-8-16(22)14-9-12(4-6-15(14)20-11)19(23)21-13-5-7-17(24-2)18(10-13)25-3/h4-10H,1-3H3,(H,20,22)(H,21,23). The number of aromatic nitrogens is 1. The van der Waals surface area contributed by atoms with Crippen LogP contribution in [0.15, 0.2) is 47.3 Å². The van der Waals surface area contributed by atoms with Crippen molar-refractivity contribution >= 4 is 22.5 Å². The molecule has 0 radical (unpaired) electrons. The number of carbonyl (C=O) groups is 1. The zero-order valence-corrected chi connectivity index (χ0v) is 14.2. The molecule has 1 aromatic heterocycles. The van der Waals surface area contributed by atoms with Gasteiger partial charge in [0.05, 0.1) is 14.2 Å². The van der Waals surface area contributed by atoms with Gasteiger partial charge in [-0.05, 0) is 37.3 Å². The molecule has 3 aromatic rings. The minimum atomic E-state index is -0.311. The van der Waals surface area contributed by atoms with Gasteiger partial charge in [-0.3, -0.25) is 9.59 Å². The predicted molar refractivity (Wildman–Crippen MR) is 96.8 cm³/mol. The smallest absolute Gasteiger partial charge is 0.255 e. The summed E-state index contributed by atoms with van der Waals surface area (Å²) in [5.74, 6) is 0.785. The maximum absolute atomic E-state index is 12.5. The Morgan fingerprint density at radius 1 is 1.00 bits per heavy atom. The summed E-state index contributed by atoms with van der Waals surface area (Å²) in [5, 5.41) is 3.27.